The van der Waals surface area contributed by atoms with Crippen LogP contribution < -0.4 is 4.72 Å². The Balaban J connectivity index is 2.33. The predicted molar refractivity (Wildman–Crippen MR) is 74.5 cm³/mol. The molecule has 0 bridgehead atoms. The summed E-state index contributed by atoms with van der Waals surface area (Å²) in [6, 6.07) is 6.42. The molecule has 0 atom stereocenters. The number of nitrogens with one attached hydrogen (secondary N) is 1. The first kappa shape index (κ1) is 15.7. The summed E-state index contributed by atoms with van der Waals surface area (Å²) < 4.78 is 52.2. The quantitative estimate of drug-likeness (QED) is 0.904. The average Bonchev–Trinajstić information content (AvgIpc) is 2.42. The summed E-state index contributed by atoms with van der Waals surface area (Å²) >= 11 is 5.82. The van der Waals surface area contributed by atoms with Crippen LogP contribution in [0.1, 0.15) is 5.56 Å². The third-order valence-corrected chi connectivity index (χ3v) is 4.41. The molecule has 0 amide bonds. The molecule has 0 saturated carbocycles. The summed E-state index contributed by atoms with van der Waals surface area (Å²) in [5.41, 5.74) is 0.264. The number of hydrogen-bond donors (Lipinski definition) is 2. The van der Waals surface area contributed by atoms with Crippen molar-refractivity contribution < 1.29 is 22.3 Å². The van der Waals surface area contributed by atoms with Crippen molar-refractivity contribution in [2.45, 2.75) is 11.5 Å². The number of aliphatic hydroxyl groups is 1. The molecule has 0 radical (unpaired) electrons. The Morgan fingerprint density at radius 2 is 1.81 bits per heavy atom. The molecule has 2 rings (SSSR count). The van der Waals surface area contributed by atoms with Gasteiger partial charge in [-0.3, -0.25) is 4.72 Å². The molecule has 0 heterocycles. The van der Waals surface area contributed by atoms with E-state index in [1.54, 1.807) is 0 Å². The largest absolute Gasteiger partial charge is 0.392 e. The van der Waals surface area contributed by atoms with E-state index < -0.39 is 21.7 Å². The summed E-state index contributed by atoms with van der Waals surface area (Å²) in [4.78, 5) is -0.158. The summed E-state index contributed by atoms with van der Waals surface area (Å²) in [6.45, 7) is -0.324. The smallest absolute Gasteiger partial charge is 0.261 e. The predicted octanol–water partition coefficient (Wildman–Crippen LogP) is 2.91. The van der Waals surface area contributed by atoms with E-state index in [1.165, 1.54) is 12.1 Å². The minimum Gasteiger partial charge on any atom is -0.392 e. The monoisotopic (exact) mass is 333 g/mol. The first-order valence-corrected chi connectivity index (χ1v) is 7.57. The van der Waals surface area contributed by atoms with Gasteiger partial charge in [0.25, 0.3) is 10.0 Å². The van der Waals surface area contributed by atoms with Gasteiger partial charge in [0.15, 0.2) is 11.6 Å². The van der Waals surface area contributed by atoms with Gasteiger partial charge in [0, 0.05) is 11.1 Å². The lowest BCUT2D eigenvalue weighted by atomic mass is 10.2. The van der Waals surface area contributed by atoms with Gasteiger partial charge in [-0.1, -0.05) is 17.7 Å². The first-order valence-electron chi connectivity index (χ1n) is 5.70. The van der Waals surface area contributed by atoms with E-state index in [1.807, 2.05) is 0 Å². The third-order valence-electron chi connectivity index (χ3n) is 2.68. The Morgan fingerprint density at radius 3 is 2.38 bits per heavy atom. The van der Waals surface area contributed by atoms with Crippen LogP contribution in [0.15, 0.2) is 41.3 Å². The zero-order valence-electron chi connectivity index (χ0n) is 10.5. The standard InChI is InChI=1S/C13H10ClF2NO3S/c14-11-6-10(3-1-8(11)7-18)21(19,20)17-9-2-4-12(15)13(16)5-9/h1-6,17-18H,7H2. The van der Waals surface area contributed by atoms with E-state index in [0.29, 0.717) is 5.56 Å². The highest BCUT2D eigenvalue weighted by Gasteiger charge is 2.16. The molecular weight excluding hydrogens is 324 g/mol. The molecule has 0 aromatic heterocycles. The molecule has 0 unspecified atom stereocenters. The summed E-state index contributed by atoms with van der Waals surface area (Å²) in [5, 5.41) is 9.07. The number of sulfonamides is 1. The molecule has 0 aliphatic heterocycles. The number of rotatable bonds is 4. The van der Waals surface area contributed by atoms with Gasteiger partial charge in [0.1, 0.15) is 0 Å². The molecule has 0 spiro atoms. The molecule has 0 fully saturated rings. The Kier molecular flexibility index (Phi) is 4.46. The molecule has 112 valence electrons. The molecule has 0 aliphatic carbocycles. The SMILES string of the molecule is O=S(=O)(Nc1ccc(F)c(F)c1)c1ccc(CO)c(Cl)c1. The Labute approximate surface area is 125 Å². The van der Waals surface area contributed by atoms with Gasteiger partial charge in [-0.2, -0.15) is 0 Å². The molecule has 0 aliphatic rings. The van der Waals surface area contributed by atoms with Crippen molar-refractivity contribution >= 4 is 27.3 Å². The van der Waals surface area contributed by atoms with E-state index in [9.17, 15) is 17.2 Å². The van der Waals surface area contributed by atoms with Gasteiger partial charge in [-0.25, -0.2) is 17.2 Å². The fourth-order valence-corrected chi connectivity index (χ4v) is 2.98. The van der Waals surface area contributed by atoms with Crippen LogP contribution >= 0.6 is 11.6 Å². The van der Waals surface area contributed by atoms with E-state index in [-0.39, 0.29) is 22.2 Å². The lowest BCUT2D eigenvalue weighted by Crippen LogP contribution is -2.13. The Hall–Kier alpha value is -1.70. The topological polar surface area (TPSA) is 66.4 Å². The van der Waals surface area contributed by atoms with Gasteiger partial charge in [-0.05, 0) is 29.8 Å². The van der Waals surface area contributed by atoms with Crippen LogP contribution in [0.25, 0.3) is 0 Å². The van der Waals surface area contributed by atoms with E-state index >= 15 is 0 Å². The van der Waals surface area contributed by atoms with Crippen molar-refractivity contribution in [2.75, 3.05) is 4.72 Å². The van der Waals surface area contributed by atoms with Crippen LogP contribution in [-0.4, -0.2) is 13.5 Å². The number of benzene rings is 2. The van der Waals surface area contributed by atoms with Gasteiger partial charge < -0.3 is 5.11 Å². The van der Waals surface area contributed by atoms with E-state index in [4.69, 9.17) is 16.7 Å². The van der Waals surface area contributed by atoms with Crippen LogP contribution in [0.3, 0.4) is 0 Å². The number of aliphatic hydroxyl groups excluding tert-OH is 1. The molecule has 4 nitrogen and oxygen atoms in total. The minimum atomic E-state index is -4.00. The van der Waals surface area contributed by atoms with Crippen molar-refractivity contribution in [3.8, 4) is 0 Å². The maximum atomic E-state index is 13.1. The summed E-state index contributed by atoms with van der Waals surface area (Å²) in [5.74, 6) is -2.24. The van der Waals surface area contributed by atoms with Crippen molar-refractivity contribution in [1.82, 2.24) is 0 Å². The van der Waals surface area contributed by atoms with Crippen LogP contribution in [-0.2, 0) is 16.6 Å². The van der Waals surface area contributed by atoms with Crippen molar-refractivity contribution in [3.63, 3.8) is 0 Å². The zero-order chi connectivity index (χ0) is 15.6. The van der Waals surface area contributed by atoms with Gasteiger partial charge in [0.2, 0.25) is 0 Å². The zero-order valence-corrected chi connectivity index (χ0v) is 12.0. The number of anilines is 1. The van der Waals surface area contributed by atoms with E-state index in [0.717, 1.165) is 24.3 Å². The second kappa shape index (κ2) is 5.97. The van der Waals surface area contributed by atoms with Crippen molar-refractivity contribution in [3.05, 3.63) is 58.6 Å². The molecule has 2 N–H and O–H groups in total. The molecule has 0 saturated heterocycles. The highest BCUT2D eigenvalue weighted by atomic mass is 35.5. The highest BCUT2D eigenvalue weighted by molar-refractivity contribution is 7.92. The minimum absolute atomic E-state index is 0.0886. The normalized spacial score (nSPS) is 11.4. The number of halogens is 3. The van der Waals surface area contributed by atoms with Crippen LogP contribution in [0.4, 0.5) is 14.5 Å². The Morgan fingerprint density at radius 1 is 1.10 bits per heavy atom. The fraction of sp³-hybridized carbons (Fsp3) is 0.0769. The van der Waals surface area contributed by atoms with E-state index in [2.05, 4.69) is 4.72 Å². The summed E-state index contributed by atoms with van der Waals surface area (Å²) in [7, 11) is -4.00. The van der Waals surface area contributed by atoms with Crippen molar-refractivity contribution in [1.29, 1.82) is 0 Å². The first-order chi connectivity index (χ1) is 9.83. The van der Waals surface area contributed by atoms with Gasteiger partial charge in [0.05, 0.1) is 17.2 Å². The molecule has 2 aromatic carbocycles. The maximum absolute atomic E-state index is 13.1. The lowest BCUT2D eigenvalue weighted by Gasteiger charge is -2.10. The molecular formula is C13H10ClF2NO3S. The molecule has 21 heavy (non-hydrogen) atoms. The number of hydrogen-bond acceptors (Lipinski definition) is 3. The molecule has 2 aromatic rings. The fourth-order valence-electron chi connectivity index (χ4n) is 1.60. The lowest BCUT2D eigenvalue weighted by molar-refractivity contribution is 0.282. The second-order valence-corrected chi connectivity index (χ2v) is 6.24. The molecule has 8 heteroatoms. The van der Waals surface area contributed by atoms with Crippen LogP contribution in [0, 0.1) is 11.6 Å². The van der Waals surface area contributed by atoms with Crippen molar-refractivity contribution in [2.24, 2.45) is 0 Å². The highest BCUT2D eigenvalue weighted by Crippen LogP contribution is 2.23. The summed E-state index contributed by atoms with van der Waals surface area (Å²) in [6.07, 6.45) is 0. The van der Waals surface area contributed by atoms with Gasteiger partial charge >= 0.3 is 0 Å². The Bertz CT molecular complexity index is 781. The second-order valence-electron chi connectivity index (χ2n) is 4.15. The van der Waals surface area contributed by atoms with Crippen LogP contribution in [0.2, 0.25) is 5.02 Å². The average molecular weight is 334 g/mol. The van der Waals surface area contributed by atoms with Gasteiger partial charge in [-0.15, -0.1) is 0 Å². The van der Waals surface area contributed by atoms with Crippen LogP contribution in [0.5, 0.6) is 0 Å². The maximum Gasteiger partial charge on any atom is 0.261 e. The third kappa shape index (κ3) is 3.49.